The quantitative estimate of drug-likeness (QED) is 0.878. The molecule has 1 fully saturated rings. The number of nitrogens with one attached hydrogen (secondary N) is 1. The van der Waals surface area contributed by atoms with Crippen LogP contribution in [0.25, 0.3) is 0 Å². The van der Waals surface area contributed by atoms with E-state index >= 15 is 0 Å². The first kappa shape index (κ1) is 15.2. The zero-order valence-corrected chi connectivity index (χ0v) is 12.2. The summed E-state index contributed by atoms with van der Waals surface area (Å²) < 4.78 is 5.15. The Balaban J connectivity index is 2.11. The molecule has 6 nitrogen and oxygen atoms in total. The van der Waals surface area contributed by atoms with Gasteiger partial charge in [0, 0.05) is 24.7 Å². The van der Waals surface area contributed by atoms with Gasteiger partial charge >= 0.3 is 6.03 Å². The first-order valence-corrected chi connectivity index (χ1v) is 7.10. The van der Waals surface area contributed by atoms with Crippen LogP contribution in [0.4, 0.5) is 4.79 Å². The Hall–Kier alpha value is -2.24. The predicted molar refractivity (Wildman–Crippen MR) is 79.3 cm³/mol. The molecular formula is C15H21N3O3. The van der Waals surface area contributed by atoms with Crippen LogP contribution in [0.15, 0.2) is 24.3 Å². The van der Waals surface area contributed by atoms with Crippen molar-refractivity contribution in [2.45, 2.75) is 25.3 Å². The SMILES string of the molecule is COc1cccc(C(=O)N2CCCC[C@@H]2CNC(N)=O)c1. The van der Waals surface area contributed by atoms with Gasteiger partial charge in [-0.2, -0.15) is 0 Å². The molecule has 0 saturated carbocycles. The Kier molecular flexibility index (Phi) is 5.03. The number of carbonyl (C=O) groups is 2. The van der Waals surface area contributed by atoms with Crippen molar-refractivity contribution in [1.82, 2.24) is 10.2 Å². The van der Waals surface area contributed by atoms with Crippen molar-refractivity contribution >= 4 is 11.9 Å². The van der Waals surface area contributed by atoms with Crippen molar-refractivity contribution < 1.29 is 14.3 Å². The van der Waals surface area contributed by atoms with E-state index in [0.29, 0.717) is 24.4 Å². The van der Waals surface area contributed by atoms with Crippen LogP contribution < -0.4 is 15.8 Å². The van der Waals surface area contributed by atoms with Crippen molar-refractivity contribution in [3.8, 4) is 5.75 Å². The molecule has 114 valence electrons. The molecule has 3 amide bonds. The molecule has 1 aliphatic rings. The number of methoxy groups -OCH3 is 1. The molecule has 0 aliphatic carbocycles. The molecule has 1 aromatic carbocycles. The van der Waals surface area contributed by atoms with Crippen LogP contribution in [0.3, 0.4) is 0 Å². The molecule has 3 N–H and O–H groups in total. The van der Waals surface area contributed by atoms with Crippen LogP contribution in [0, 0.1) is 0 Å². The molecule has 6 heteroatoms. The fourth-order valence-electron chi connectivity index (χ4n) is 2.62. The summed E-state index contributed by atoms with van der Waals surface area (Å²) in [4.78, 5) is 25.3. The molecule has 0 unspecified atom stereocenters. The third kappa shape index (κ3) is 3.87. The molecule has 1 aromatic rings. The molecule has 21 heavy (non-hydrogen) atoms. The van der Waals surface area contributed by atoms with Crippen molar-refractivity contribution in [2.24, 2.45) is 5.73 Å². The smallest absolute Gasteiger partial charge is 0.312 e. The van der Waals surface area contributed by atoms with E-state index in [1.807, 2.05) is 4.90 Å². The summed E-state index contributed by atoms with van der Waals surface area (Å²) in [5, 5.41) is 2.59. The van der Waals surface area contributed by atoms with Crippen LogP contribution in [0.5, 0.6) is 5.75 Å². The highest BCUT2D eigenvalue weighted by Crippen LogP contribution is 2.21. The summed E-state index contributed by atoms with van der Waals surface area (Å²) >= 11 is 0. The lowest BCUT2D eigenvalue weighted by Gasteiger charge is -2.35. The van der Waals surface area contributed by atoms with Crippen LogP contribution in [-0.2, 0) is 0 Å². The molecule has 0 bridgehead atoms. The normalized spacial score (nSPS) is 18.1. The molecule has 0 aromatic heterocycles. The van der Waals surface area contributed by atoms with Gasteiger partial charge in [0.05, 0.1) is 7.11 Å². The number of hydrogen-bond acceptors (Lipinski definition) is 3. The molecule has 0 radical (unpaired) electrons. The molecule has 1 atom stereocenters. The predicted octanol–water partition coefficient (Wildman–Crippen LogP) is 1.36. The van der Waals surface area contributed by atoms with E-state index in [1.165, 1.54) is 0 Å². The largest absolute Gasteiger partial charge is 0.497 e. The minimum atomic E-state index is -0.561. The van der Waals surface area contributed by atoms with E-state index in [0.717, 1.165) is 19.3 Å². The molecular weight excluding hydrogens is 270 g/mol. The number of ether oxygens (including phenoxy) is 1. The third-order valence-electron chi connectivity index (χ3n) is 3.72. The molecule has 2 rings (SSSR count). The lowest BCUT2D eigenvalue weighted by atomic mass is 10.0. The minimum absolute atomic E-state index is 0.00930. The Morgan fingerprint density at radius 2 is 2.24 bits per heavy atom. The minimum Gasteiger partial charge on any atom is -0.497 e. The van der Waals surface area contributed by atoms with Crippen molar-refractivity contribution in [3.05, 3.63) is 29.8 Å². The van der Waals surface area contributed by atoms with E-state index in [-0.39, 0.29) is 11.9 Å². The van der Waals surface area contributed by atoms with Gasteiger partial charge in [0.25, 0.3) is 5.91 Å². The zero-order valence-electron chi connectivity index (χ0n) is 12.2. The van der Waals surface area contributed by atoms with E-state index in [1.54, 1.807) is 31.4 Å². The summed E-state index contributed by atoms with van der Waals surface area (Å²) in [7, 11) is 1.57. The number of nitrogens with zero attached hydrogens (tertiary/aromatic N) is 1. The van der Waals surface area contributed by atoms with E-state index < -0.39 is 6.03 Å². The highest BCUT2D eigenvalue weighted by molar-refractivity contribution is 5.95. The number of rotatable bonds is 4. The van der Waals surface area contributed by atoms with Crippen LogP contribution in [-0.4, -0.2) is 43.1 Å². The number of carbonyl (C=O) groups excluding carboxylic acids is 2. The maximum absolute atomic E-state index is 12.6. The average Bonchev–Trinajstić information content (AvgIpc) is 2.52. The summed E-state index contributed by atoms with van der Waals surface area (Å²) in [6, 6.07) is 6.54. The number of urea groups is 1. The molecule has 0 spiro atoms. The van der Waals surface area contributed by atoms with Gasteiger partial charge in [-0.3, -0.25) is 4.79 Å². The van der Waals surface area contributed by atoms with E-state index in [2.05, 4.69) is 5.32 Å². The highest BCUT2D eigenvalue weighted by Gasteiger charge is 2.27. The van der Waals surface area contributed by atoms with Crippen LogP contribution >= 0.6 is 0 Å². The average molecular weight is 291 g/mol. The first-order chi connectivity index (χ1) is 10.1. The summed E-state index contributed by atoms with van der Waals surface area (Å²) in [5.41, 5.74) is 5.71. The summed E-state index contributed by atoms with van der Waals surface area (Å²) in [6.45, 7) is 1.09. The van der Waals surface area contributed by atoms with Crippen LogP contribution in [0.2, 0.25) is 0 Å². The van der Waals surface area contributed by atoms with Gasteiger partial charge in [-0.1, -0.05) is 6.07 Å². The number of benzene rings is 1. The van der Waals surface area contributed by atoms with Gasteiger partial charge in [-0.25, -0.2) is 4.79 Å². The zero-order chi connectivity index (χ0) is 15.2. The second kappa shape index (κ2) is 6.97. The number of amides is 3. The fourth-order valence-corrected chi connectivity index (χ4v) is 2.62. The van der Waals surface area contributed by atoms with Crippen molar-refractivity contribution in [2.75, 3.05) is 20.2 Å². The Morgan fingerprint density at radius 1 is 1.43 bits per heavy atom. The Morgan fingerprint density at radius 3 is 2.95 bits per heavy atom. The number of primary amides is 1. The maximum atomic E-state index is 12.6. The second-order valence-corrected chi connectivity index (χ2v) is 5.13. The monoisotopic (exact) mass is 291 g/mol. The van der Waals surface area contributed by atoms with E-state index in [4.69, 9.17) is 10.5 Å². The first-order valence-electron chi connectivity index (χ1n) is 7.10. The van der Waals surface area contributed by atoms with Gasteiger partial charge in [0.15, 0.2) is 0 Å². The lowest BCUT2D eigenvalue weighted by Crippen LogP contribution is -2.50. The molecule has 1 heterocycles. The van der Waals surface area contributed by atoms with Crippen molar-refractivity contribution in [1.29, 1.82) is 0 Å². The molecule has 1 aliphatic heterocycles. The maximum Gasteiger partial charge on any atom is 0.312 e. The van der Waals surface area contributed by atoms with Crippen LogP contribution in [0.1, 0.15) is 29.6 Å². The van der Waals surface area contributed by atoms with Gasteiger partial charge in [0.1, 0.15) is 5.75 Å². The Bertz CT molecular complexity index is 519. The van der Waals surface area contributed by atoms with E-state index in [9.17, 15) is 9.59 Å². The van der Waals surface area contributed by atoms with Gasteiger partial charge in [0.2, 0.25) is 0 Å². The number of nitrogens with two attached hydrogens (primary N) is 1. The van der Waals surface area contributed by atoms with Gasteiger partial charge in [-0.05, 0) is 37.5 Å². The molecule has 1 saturated heterocycles. The number of hydrogen-bond donors (Lipinski definition) is 2. The van der Waals surface area contributed by atoms with Crippen molar-refractivity contribution in [3.63, 3.8) is 0 Å². The standard InChI is InChI=1S/C15H21N3O3/c1-21-13-7-4-5-11(9-13)14(19)18-8-3-2-6-12(18)10-17-15(16)20/h4-5,7,9,12H,2-3,6,8,10H2,1H3,(H3,16,17,20)/t12-/m1/s1. The third-order valence-corrected chi connectivity index (χ3v) is 3.72. The number of likely N-dealkylation sites (tertiary alicyclic amines) is 1. The summed E-state index contributed by atoms with van der Waals surface area (Å²) in [6.07, 6.45) is 2.89. The second-order valence-electron chi connectivity index (χ2n) is 5.13. The highest BCUT2D eigenvalue weighted by atomic mass is 16.5. The number of piperidine rings is 1. The lowest BCUT2D eigenvalue weighted by molar-refractivity contribution is 0.0615. The topological polar surface area (TPSA) is 84.7 Å². The van der Waals surface area contributed by atoms with Gasteiger partial charge < -0.3 is 20.7 Å². The Labute approximate surface area is 124 Å². The van der Waals surface area contributed by atoms with Gasteiger partial charge in [-0.15, -0.1) is 0 Å². The summed E-state index contributed by atoms with van der Waals surface area (Å²) in [5.74, 6) is 0.620. The fraction of sp³-hybridized carbons (Fsp3) is 0.467.